The Hall–Kier alpha value is -2.53. The molecule has 0 aromatic heterocycles. The van der Waals surface area contributed by atoms with Crippen LogP contribution in [0.4, 0.5) is 0 Å². The minimum atomic E-state index is 0.000751. The van der Waals surface area contributed by atoms with Crippen molar-refractivity contribution in [2.45, 2.75) is 45.6 Å². The minimum absolute atomic E-state index is 0.000751. The first-order valence-electron chi connectivity index (χ1n) is 10.7. The molecule has 2 aromatic rings. The molecule has 0 amide bonds. The molecule has 1 heterocycles. The highest BCUT2D eigenvalue weighted by atomic mass is 16.5. The smallest absolute Gasteiger partial charge is 0.194 e. The Morgan fingerprint density at radius 3 is 2.59 bits per heavy atom. The van der Waals surface area contributed by atoms with Crippen molar-refractivity contribution in [3.63, 3.8) is 0 Å². The number of rotatable bonds is 9. The van der Waals surface area contributed by atoms with Crippen LogP contribution in [0.15, 0.2) is 30.3 Å². The highest BCUT2D eigenvalue weighted by Crippen LogP contribution is 2.49. The standard InChI is InChI=1S/C24H29NO4/c1-3-12-28-21-15-17(27-4-2)14-19-23(21)22-18(24(19)26)8-5-9-20(22)29-13-10-16-7-6-11-25-16/h5,8-9,14-16,25H,3-4,6-7,10-13H2,1-2H3. The van der Waals surface area contributed by atoms with Gasteiger partial charge in [-0.2, -0.15) is 0 Å². The van der Waals surface area contributed by atoms with E-state index in [1.54, 1.807) is 0 Å². The summed E-state index contributed by atoms with van der Waals surface area (Å²) in [6.45, 7) is 6.84. The molecule has 1 saturated heterocycles. The lowest BCUT2D eigenvalue weighted by Crippen LogP contribution is -2.23. The van der Waals surface area contributed by atoms with Crippen LogP contribution >= 0.6 is 0 Å². The number of hydrogen-bond donors (Lipinski definition) is 1. The molecule has 0 radical (unpaired) electrons. The van der Waals surface area contributed by atoms with Crippen LogP contribution in [0.2, 0.25) is 0 Å². The summed E-state index contributed by atoms with van der Waals surface area (Å²) in [6, 6.07) is 9.95. The third-order valence-corrected chi connectivity index (χ3v) is 5.50. The van der Waals surface area contributed by atoms with Gasteiger partial charge in [0.05, 0.1) is 19.8 Å². The number of fused-ring (bicyclic) bond motifs is 3. The fourth-order valence-corrected chi connectivity index (χ4v) is 4.16. The monoisotopic (exact) mass is 395 g/mol. The highest BCUT2D eigenvalue weighted by Gasteiger charge is 2.33. The second kappa shape index (κ2) is 8.87. The van der Waals surface area contributed by atoms with Crippen LogP contribution in [0, 0.1) is 0 Å². The molecule has 1 unspecified atom stereocenters. The summed E-state index contributed by atoms with van der Waals surface area (Å²) in [7, 11) is 0. The van der Waals surface area contributed by atoms with Crippen molar-refractivity contribution in [2.24, 2.45) is 0 Å². The quantitative estimate of drug-likeness (QED) is 0.574. The number of nitrogens with one attached hydrogen (secondary N) is 1. The van der Waals surface area contributed by atoms with E-state index < -0.39 is 0 Å². The SMILES string of the molecule is CCCOc1cc(OCC)cc2c1-c1c(OCCC3CCCN3)cccc1C2=O. The second-order valence-electron chi connectivity index (χ2n) is 7.56. The van der Waals surface area contributed by atoms with Crippen molar-refractivity contribution >= 4 is 5.78 Å². The van der Waals surface area contributed by atoms with Crippen LogP contribution in [0.3, 0.4) is 0 Å². The Morgan fingerprint density at radius 2 is 1.83 bits per heavy atom. The van der Waals surface area contributed by atoms with Gasteiger partial charge in [0.15, 0.2) is 5.78 Å². The third kappa shape index (κ3) is 3.97. The highest BCUT2D eigenvalue weighted by molar-refractivity contribution is 6.23. The Labute approximate surface area is 172 Å². The minimum Gasteiger partial charge on any atom is -0.494 e. The average Bonchev–Trinajstić information content (AvgIpc) is 3.34. The molecule has 1 N–H and O–H groups in total. The van der Waals surface area contributed by atoms with Gasteiger partial charge in [0.25, 0.3) is 0 Å². The van der Waals surface area contributed by atoms with E-state index in [1.807, 2.05) is 37.3 Å². The zero-order valence-corrected chi connectivity index (χ0v) is 17.3. The van der Waals surface area contributed by atoms with Crippen molar-refractivity contribution in [2.75, 3.05) is 26.4 Å². The Balaban J connectivity index is 1.68. The van der Waals surface area contributed by atoms with E-state index in [-0.39, 0.29) is 5.78 Å². The average molecular weight is 395 g/mol. The number of ether oxygens (including phenoxy) is 3. The third-order valence-electron chi connectivity index (χ3n) is 5.50. The number of carbonyl (C=O) groups excluding carboxylic acids is 1. The van der Waals surface area contributed by atoms with Crippen molar-refractivity contribution in [3.05, 3.63) is 41.5 Å². The first kappa shape index (κ1) is 19.8. The number of benzene rings is 2. The Kier molecular flexibility index (Phi) is 6.05. The summed E-state index contributed by atoms with van der Waals surface area (Å²) in [5, 5.41) is 3.50. The molecule has 1 aliphatic heterocycles. The van der Waals surface area contributed by atoms with Gasteiger partial charge in [0.2, 0.25) is 0 Å². The molecule has 2 aromatic carbocycles. The summed E-state index contributed by atoms with van der Waals surface area (Å²) in [5.74, 6) is 2.10. The molecule has 5 nitrogen and oxygen atoms in total. The second-order valence-corrected chi connectivity index (χ2v) is 7.56. The first-order chi connectivity index (χ1) is 14.2. The topological polar surface area (TPSA) is 56.8 Å². The molecule has 5 heteroatoms. The van der Waals surface area contributed by atoms with Crippen LogP contribution in [0.25, 0.3) is 11.1 Å². The normalized spacial score (nSPS) is 17.2. The zero-order chi connectivity index (χ0) is 20.2. The molecule has 2 aliphatic rings. The van der Waals surface area contributed by atoms with Gasteiger partial charge in [-0.05, 0) is 51.3 Å². The molecule has 1 fully saturated rings. The first-order valence-corrected chi connectivity index (χ1v) is 10.7. The van der Waals surface area contributed by atoms with Gasteiger partial charge in [-0.1, -0.05) is 19.1 Å². The summed E-state index contributed by atoms with van der Waals surface area (Å²) >= 11 is 0. The van der Waals surface area contributed by atoms with E-state index in [2.05, 4.69) is 12.2 Å². The van der Waals surface area contributed by atoms with Crippen LogP contribution < -0.4 is 19.5 Å². The van der Waals surface area contributed by atoms with Crippen molar-refractivity contribution in [3.8, 4) is 28.4 Å². The van der Waals surface area contributed by atoms with Gasteiger partial charge >= 0.3 is 0 Å². The van der Waals surface area contributed by atoms with Gasteiger partial charge in [-0.15, -0.1) is 0 Å². The van der Waals surface area contributed by atoms with Crippen LogP contribution in [0.1, 0.15) is 55.5 Å². The van der Waals surface area contributed by atoms with Gasteiger partial charge in [-0.25, -0.2) is 0 Å². The van der Waals surface area contributed by atoms with Crippen LogP contribution in [-0.4, -0.2) is 38.2 Å². The molecule has 0 bridgehead atoms. The summed E-state index contributed by atoms with van der Waals surface area (Å²) in [5.41, 5.74) is 2.98. The maximum atomic E-state index is 13.1. The van der Waals surface area contributed by atoms with Gasteiger partial charge < -0.3 is 19.5 Å². The van der Waals surface area contributed by atoms with Crippen molar-refractivity contribution in [1.29, 1.82) is 0 Å². The van der Waals surface area contributed by atoms with E-state index in [0.717, 1.165) is 36.3 Å². The molecule has 1 aliphatic carbocycles. The van der Waals surface area contributed by atoms with E-state index in [1.165, 1.54) is 12.8 Å². The molecular weight excluding hydrogens is 366 g/mol. The predicted octanol–water partition coefficient (Wildman–Crippen LogP) is 4.61. The molecule has 0 spiro atoms. The number of carbonyl (C=O) groups is 1. The molecule has 0 saturated carbocycles. The van der Waals surface area contributed by atoms with E-state index in [9.17, 15) is 4.79 Å². The van der Waals surface area contributed by atoms with Gasteiger partial charge in [-0.3, -0.25) is 4.79 Å². The van der Waals surface area contributed by atoms with Gasteiger partial charge in [0.1, 0.15) is 17.2 Å². The van der Waals surface area contributed by atoms with E-state index >= 15 is 0 Å². The lowest BCUT2D eigenvalue weighted by atomic mass is 10.0. The molecule has 4 rings (SSSR count). The Morgan fingerprint density at radius 1 is 1.00 bits per heavy atom. The molecule has 29 heavy (non-hydrogen) atoms. The predicted molar refractivity (Wildman–Crippen MR) is 113 cm³/mol. The fourth-order valence-electron chi connectivity index (χ4n) is 4.16. The molecule has 1 atom stereocenters. The van der Waals surface area contributed by atoms with Crippen LogP contribution in [-0.2, 0) is 0 Å². The molecular formula is C24H29NO4. The van der Waals surface area contributed by atoms with E-state index in [4.69, 9.17) is 14.2 Å². The number of ketones is 1. The van der Waals surface area contributed by atoms with Gasteiger partial charge in [0, 0.05) is 34.4 Å². The lowest BCUT2D eigenvalue weighted by Gasteiger charge is -2.16. The molecule has 154 valence electrons. The lowest BCUT2D eigenvalue weighted by molar-refractivity contribution is 0.104. The van der Waals surface area contributed by atoms with Crippen molar-refractivity contribution in [1.82, 2.24) is 5.32 Å². The van der Waals surface area contributed by atoms with E-state index in [0.29, 0.717) is 48.5 Å². The van der Waals surface area contributed by atoms with Crippen molar-refractivity contribution < 1.29 is 19.0 Å². The maximum Gasteiger partial charge on any atom is 0.194 e. The summed E-state index contributed by atoms with van der Waals surface area (Å²) in [4.78, 5) is 13.1. The summed E-state index contributed by atoms with van der Waals surface area (Å²) in [6.07, 6.45) is 4.29. The fraction of sp³-hybridized carbons (Fsp3) is 0.458. The number of hydrogen-bond acceptors (Lipinski definition) is 5. The summed E-state index contributed by atoms with van der Waals surface area (Å²) < 4.78 is 17.9. The Bertz CT molecular complexity index is 887. The largest absolute Gasteiger partial charge is 0.494 e. The maximum absolute atomic E-state index is 13.1. The van der Waals surface area contributed by atoms with Crippen LogP contribution in [0.5, 0.6) is 17.2 Å². The zero-order valence-electron chi connectivity index (χ0n) is 17.3.